The first-order valence-corrected chi connectivity index (χ1v) is 13.3. The highest BCUT2D eigenvalue weighted by molar-refractivity contribution is 6.04. The summed E-state index contributed by atoms with van der Waals surface area (Å²) >= 11 is 0. The molecule has 2 fully saturated rings. The number of fused-ring (bicyclic) bond motifs is 1. The van der Waals surface area contributed by atoms with Gasteiger partial charge in [-0.3, -0.25) is 19.2 Å². The molecule has 1 aliphatic carbocycles. The second kappa shape index (κ2) is 11.6. The van der Waals surface area contributed by atoms with Crippen LogP contribution in [-0.4, -0.2) is 61.2 Å². The van der Waals surface area contributed by atoms with Crippen molar-refractivity contribution in [2.45, 2.75) is 70.2 Å². The van der Waals surface area contributed by atoms with E-state index in [9.17, 15) is 28.8 Å². The van der Waals surface area contributed by atoms with E-state index >= 15 is 0 Å². The highest BCUT2D eigenvalue weighted by Gasteiger charge is 2.49. The fourth-order valence-electron chi connectivity index (χ4n) is 5.99. The maximum Gasteiger partial charge on any atom is 0.224 e. The highest BCUT2D eigenvalue weighted by Crippen LogP contribution is 2.43. The summed E-state index contributed by atoms with van der Waals surface area (Å²) in [5, 5.41) is 17.9. The van der Waals surface area contributed by atoms with Gasteiger partial charge < -0.3 is 20.8 Å². The molecule has 2 unspecified atom stereocenters. The number of alkyl halides is 1. The number of nitriles is 1. The van der Waals surface area contributed by atoms with Gasteiger partial charge in [-0.1, -0.05) is 18.2 Å². The van der Waals surface area contributed by atoms with E-state index in [-0.39, 0.29) is 49.2 Å². The van der Waals surface area contributed by atoms with Gasteiger partial charge in [0.1, 0.15) is 5.67 Å². The van der Waals surface area contributed by atoms with Crippen LogP contribution in [0.5, 0.6) is 0 Å². The van der Waals surface area contributed by atoms with Gasteiger partial charge in [-0.25, -0.2) is 4.39 Å². The Morgan fingerprint density at radius 1 is 1.26 bits per heavy atom. The van der Waals surface area contributed by atoms with Crippen LogP contribution in [-0.2, 0) is 38.7 Å². The van der Waals surface area contributed by atoms with Crippen LogP contribution in [0.15, 0.2) is 18.2 Å². The maximum absolute atomic E-state index is 14.5. The molecule has 3 amide bonds. The summed E-state index contributed by atoms with van der Waals surface area (Å²) in [6, 6.07) is 7.14. The second-order valence-corrected chi connectivity index (χ2v) is 11.0. The molecule has 0 aromatic heterocycles. The van der Waals surface area contributed by atoms with Crippen LogP contribution in [0.1, 0.15) is 55.7 Å². The summed E-state index contributed by atoms with van der Waals surface area (Å²) in [5.74, 6) is -2.94. The lowest BCUT2D eigenvalue weighted by atomic mass is 9.87. The van der Waals surface area contributed by atoms with Crippen LogP contribution in [0.25, 0.3) is 0 Å². The second-order valence-electron chi connectivity index (χ2n) is 11.0. The first kappa shape index (κ1) is 27.8. The molecule has 2 heterocycles. The standard InChI is InChI=1S/C27H35BFN5O4/c1-27(29)11-19(13-30)20(12-27)25(37)22-9-18(26(38)33-22)10-24(36)34-14-17-4-2-3-16(21(17)15-34)5-6-23(35)31-7-8-32-28/h2-4,18-20,22,32H,5-12,14-15,28H2,1H3,(H,31,35)(H,33,38)/t18-,19-,20?,22-,27?/m0/s1. The molecule has 1 saturated heterocycles. The Hall–Kier alpha value is -3.26. The van der Waals surface area contributed by atoms with Crippen molar-refractivity contribution >= 4 is 31.5 Å². The summed E-state index contributed by atoms with van der Waals surface area (Å²) in [4.78, 5) is 52.7. The van der Waals surface area contributed by atoms with E-state index in [1.54, 1.807) is 4.90 Å². The predicted molar refractivity (Wildman–Crippen MR) is 140 cm³/mol. The molecule has 9 nitrogen and oxygen atoms in total. The lowest BCUT2D eigenvalue weighted by molar-refractivity contribution is -0.135. The molecule has 202 valence electrons. The predicted octanol–water partition coefficient (Wildman–Crippen LogP) is 0.457. The molecule has 1 aromatic rings. The number of benzene rings is 1. The molecule has 0 bridgehead atoms. The minimum atomic E-state index is -1.57. The number of aryl methyl sites for hydroxylation is 1. The first-order valence-electron chi connectivity index (χ1n) is 13.3. The van der Waals surface area contributed by atoms with Crippen molar-refractivity contribution in [2.75, 3.05) is 13.1 Å². The Balaban J connectivity index is 1.31. The number of ketones is 1. The summed E-state index contributed by atoms with van der Waals surface area (Å²) < 4.78 is 14.5. The van der Waals surface area contributed by atoms with Gasteiger partial charge in [0.25, 0.3) is 0 Å². The van der Waals surface area contributed by atoms with Gasteiger partial charge in [-0.15, -0.1) is 0 Å². The summed E-state index contributed by atoms with van der Waals surface area (Å²) in [6.45, 7) is 3.53. The highest BCUT2D eigenvalue weighted by atomic mass is 19.1. The smallest absolute Gasteiger partial charge is 0.224 e. The van der Waals surface area contributed by atoms with Crippen molar-refractivity contribution in [3.8, 4) is 6.07 Å². The average molecular weight is 523 g/mol. The zero-order chi connectivity index (χ0) is 27.4. The lowest BCUT2D eigenvalue weighted by Gasteiger charge is -2.18. The molecule has 3 N–H and O–H groups in total. The Kier molecular flexibility index (Phi) is 8.51. The van der Waals surface area contributed by atoms with E-state index in [1.165, 1.54) is 6.92 Å². The van der Waals surface area contributed by atoms with Crippen LogP contribution in [0, 0.1) is 29.1 Å². The van der Waals surface area contributed by atoms with Gasteiger partial charge in [0.2, 0.25) is 17.7 Å². The van der Waals surface area contributed by atoms with Crippen molar-refractivity contribution in [2.24, 2.45) is 17.8 Å². The largest absolute Gasteiger partial charge is 0.360 e. The van der Waals surface area contributed by atoms with Crippen molar-refractivity contribution in [1.82, 2.24) is 20.8 Å². The topological polar surface area (TPSA) is 131 Å². The molecular formula is C27H35BFN5O4. The Labute approximate surface area is 223 Å². The van der Waals surface area contributed by atoms with Crippen molar-refractivity contribution < 1.29 is 23.6 Å². The van der Waals surface area contributed by atoms with Crippen LogP contribution in [0.2, 0.25) is 0 Å². The molecule has 38 heavy (non-hydrogen) atoms. The summed E-state index contributed by atoms with van der Waals surface area (Å²) in [6.07, 6.45) is 1.10. The van der Waals surface area contributed by atoms with E-state index in [1.807, 2.05) is 32.2 Å². The van der Waals surface area contributed by atoms with Gasteiger partial charge in [0.15, 0.2) is 13.8 Å². The maximum atomic E-state index is 14.5. The molecule has 1 saturated carbocycles. The van der Waals surface area contributed by atoms with Crippen molar-refractivity contribution in [3.63, 3.8) is 0 Å². The molecule has 4 rings (SSSR count). The lowest BCUT2D eigenvalue weighted by Crippen LogP contribution is -2.38. The molecular weight excluding hydrogens is 488 g/mol. The third kappa shape index (κ3) is 6.24. The molecule has 0 radical (unpaired) electrons. The SMILES string of the molecule is BNCCNC(=O)CCc1cccc2c1CN(C(=O)C[C@@H]1C[C@@H](C(=O)C3CC(C)(F)C[C@H]3C#N)NC1=O)C2. The Morgan fingerprint density at radius 3 is 2.79 bits per heavy atom. The molecule has 0 spiro atoms. The number of carbonyl (C=O) groups is 4. The number of amides is 3. The minimum absolute atomic E-state index is 0.0139. The van der Waals surface area contributed by atoms with E-state index in [2.05, 4.69) is 15.9 Å². The van der Waals surface area contributed by atoms with Gasteiger partial charge in [-0.2, -0.15) is 5.26 Å². The minimum Gasteiger partial charge on any atom is -0.360 e. The molecule has 1 aromatic carbocycles. The molecule has 3 aliphatic rings. The normalized spacial score (nSPS) is 28.0. The van der Waals surface area contributed by atoms with E-state index in [0.29, 0.717) is 39.0 Å². The van der Waals surface area contributed by atoms with Crippen molar-refractivity contribution in [3.05, 3.63) is 34.9 Å². The number of Topliss-reactive ketones (excluding diaryl/α,β-unsaturated/α-hetero) is 1. The first-order chi connectivity index (χ1) is 18.1. The number of nitrogens with zero attached hydrogens (tertiary/aromatic N) is 2. The van der Waals surface area contributed by atoms with E-state index < -0.39 is 29.5 Å². The summed E-state index contributed by atoms with van der Waals surface area (Å²) in [7, 11) is 1.83. The van der Waals surface area contributed by atoms with Crippen LogP contribution < -0.4 is 15.9 Å². The number of hydrogen-bond acceptors (Lipinski definition) is 6. The van der Waals surface area contributed by atoms with Gasteiger partial charge in [0.05, 0.1) is 18.0 Å². The number of halogens is 1. The molecule has 2 aliphatic heterocycles. The number of rotatable bonds is 10. The van der Waals surface area contributed by atoms with Gasteiger partial charge >= 0.3 is 0 Å². The Morgan fingerprint density at radius 2 is 2.05 bits per heavy atom. The van der Waals surface area contributed by atoms with E-state index in [4.69, 9.17) is 0 Å². The molecule has 5 atom stereocenters. The number of nitrogens with one attached hydrogen (secondary N) is 3. The number of carbonyl (C=O) groups excluding carboxylic acids is 4. The summed E-state index contributed by atoms with van der Waals surface area (Å²) in [5.41, 5.74) is 1.55. The van der Waals surface area contributed by atoms with Crippen LogP contribution >= 0.6 is 0 Å². The van der Waals surface area contributed by atoms with Crippen LogP contribution in [0.3, 0.4) is 0 Å². The zero-order valence-corrected chi connectivity index (χ0v) is 22.0. The monoisotopic (exact) mass is 523 g/mol. The van der Waals surface area contributed by atoms with Crippen LogP contribution in [0.4, 0.5) is 4.39 Å². The van der Waals surface area contributed by atoms with Crippen molar-refractivity contribution in [1.29, 1.82) is 5.26 Å². The Bertz CT molecular complexity index is 1150. The number of hydrogen-bond donors (Lipinski definition) is 3. The fourth-order valence-corrected chi connectivity index (χ4v) is 5.99. The average Bonchev–Trinajstić information content (AvgIpc) is 3.57. The fraction of sp³-hybridized carbons (Fsp3) is 0.593. The quantitative estimate of drug-likeness (QED) is 0.302. The molecule has 11 heteroatoms. The zero-order valence-electron chi connectivity index (χ0n) is 22.0. The van der Waals surface area contributed by atoms with Gasteiger partial charge in [-0.05, 0) is 49.3 Å². The third-order valence-corrected chi connectivity index (χ3v) is 8.03. The van der Waals surface area contributed by atoms with Gasteiger partial charge in [0, 0.05) is 50.9 Å². The van der Waals surface area contributed by atoms with E-state index in [0.717, 1.165) is 16.7 Å². The third-order valence-electron chi connectivity index (χ3n) is 8.03.